The van der Waals surface area contributed by atoms with Gasteiger partial charge in [0, 0.05) is 12.0 Å². The Morgan fingerprint density at radius 2 is 1.91 bits per heavy atom. The molecule has 1 fully saturated rings. The standard InChI is InChI=1S/C18H25N3O/c1-11(2)16(20-18(22)13-9-10-13)17-19-14-7-5-6-8-15(14)21(17)12(3)4/h5-8,11-13,16H,9-10H2,1-4H3,(H,20,22). The largest absolute Gasteiger partial charge is 0.346 e. The van der Waals surface area contributed by atoms with Crippen molar-refractivity contribution >= 4 is 16.9 Å². The first kappa shape index (κ1) is 15.1. The first-order valence-corrected chi connectivity index (χ1v) is 8.26. The first-order chi connectivity index (χ1) is 10.5. The molecular weight excluding hydrogens is 274 g/mol. The van der Waals surface area contributed by atoms with Crippen LogP contribution in [0.25, 0.3) is 11.0 Å². The van der Waals surface area contributed by atoms with Crippen molar-refractivity contribution in [3.05, 3.63) is 30.1 Å². The van der Waals surface area contributed by atoms with Crippen molar-refractivity contribution in [1.82, 2.24) is 14.9 Å². The molecule has 0 saturated heterocycles. The summed E-state index contributed by atoms with van der Waals surface area (Å²) in [6.07, 6.45) is 2.05. The fourth-order valence-electron chi connectivity index (χ4n) is 2.97. The van der Waals surface area contributed by atoms with Gasteiger partial charge in [0.2, 0.25) is 5.91 Å². The van der Waals surface area contributed by atoms with Gasteiger partial charge in [-0.2, -0.15) is 0 Å². The van der Waals surface area contributed by atoms with Crippen molar-refractivity contribution in [3.8, 4) is 0 Å². The van der Waals surface area contributed by atoms with Gasteiger partial charge < -0.3 is 9.88 Å². The molecule has 0 aliphatic heterocycles. The van der Waals surface area contributed by atoms with Crippen LogP contribution in [-0.2, 0) is 4.79 Å². The van der Waals surface area contributed by atoms with Gasteiger partial charge in [0.1, 0.15) is 5.82 Å². The molecule has 22 heavy (non-hydrogen) atoms. The lowest BCUT2D eigenvalue weighted by molar-refractivity contribution is -0.123. The number of carbonyl (C=O) groups is 1. The number of rotatable bonds is 5. The summed E-state index contributed by atoms with van der Waals surface area (Å²) < 4.78 is 2.26. The van der Waals surface area contributed by atoms with E-state index in [1.165, 1.54) is 0 Å². The van der Waals surface area contributed by atoms with Crippen molar-refractivity contribution in [2.45, 2.75) is 52.6 Å². The summed E-state index contributed by atoms with van der Waals surface area (Å²) in [6, 6.07) is 8.46. The average molecular weight is 299 g/mol. The van der Waals surface area contributed by atoms with Crippen molar-refractivity contribution in [2.24, 2.45) is 11.8 Å². The average Bonchev–Trinajstić information content (AvgIpc) is 3.24. The zero-order valence-electron chi connectivity index (χ0n) is 13.8. The fourth-order valence-corrected chi connectivity index (χ4v) is 2.97. The summed E-state index contributed by atoms with van der Waals surface area (Å²) in [5.41, 5.74) is 2.14. The maximum atomic E-state index is 12.2. The van der Waals surface area contributed by atoms with Crippen molar-refractivity contribution in [3.63, 3.8) is 0 Å². The minimum atomic E-state index is -0.0390. The van der Waals surface area contributed by atoms with E-state index in [0.717, 1.165) is 29.7 Å². The molecule has 0 spiro atoms. The van der Waals surface area contributed by atoms with E-state index in [1.54, 1.807) is 0 Å². The molecule has 4 nitrogen and oxygen atoms in total. The zero-order chi connectivity index (χ0) is 15.9. The third kappa shape index (κ3) is 2.74. The Hall–Kier alpha value is -1.84. The SMILES string of the molecule is CC(C)C(NC(=O)C1CC1)c1nc2ccccc2n1C(C)C. The Morgan fingerprint density at radius 3 is 2.50 bits per heavy atom. The third-order valence-electron chi connectivity index (χ3n) is 4.33. The van der Waals surface area contributed by atoms with E-state index in [0.29, 0.717) is 12.0 Å². The number of fused-ring (bicyclic) bond motifs is 1. The number of para-hydroxylation sites is 2. The molecule has 1 aliphatic carbocycles. The molecule has 1 amide bonds. The molecule has 1 unspecified atom stereocenters. The lowest BCUT2D eigenvalue weighted by Gasteiger charge is -2.24. The Morgan fingerprint density at radius 1 is 1.23 bits per heavy atom. The van der Waals surface area contributed by atoms with Crippen molar-refractivity contribution in [1.29, 1.82) is 0 Å². The molecular formula is C18H25N3O. The summed E-state index contributed by atoms with van der Waals surface area (Å²) in [5.74, 6) is 1.68. The summed E-state index contributed by atoms with van der Waals surface area (Å²) in [6.45, 7) is 8.61. The van der Waals surface area contributed by atoms with Crippen molar-refractivity contribution in [2.75, 3.05) is 0 Å². The molecule has 3 rings (SSSR count). The summed E-state index contributed by atoms with van der Waals surface area (Å²) in [5, 5.41) is 3.23. The number of aromatic nitrogens is 2. The molecule has 1 saturated carbocycles. The Kier molecular flexibility index (Phi) is 3.94. The molecule has 1 N–H and O–H groups in total. The molecule has 1 atom stereocenters. The van der Waals surface area contributed by atoms with E-state index in [4.69, 9.17) is 4.98 Å². The second-order valence-corrected chi connectivity index (χ2v) is 6.93. The van der Waals surface area contributed by atoms with Gasteiger partial charge in [0.25, 0.3) is 0 Å². The lowest BCUT2D eigenvalue weighted by Crippen LogP contribution is -2.34. The van der Waals surface area contributed by atoms with Gasteiger partial charge in [-0.1, -0.05) is 26.0 Å². The minimum absolute atomic E-state index is 0.0390. The molecule has 118 valence electrons. The summed E-state index contributed by atoms with van der Waals surface area (Å²) in [7, 11) is 0. The second-order valence-electron chi connectivity index (χ2n) is 6.93. The van der Waals surface area contributed by atoms with Gasteiger partial charge in [-0.15, -0.1) is 0 Å². The molecule has 1 aromatic carbocycles. The van der Waals surface area contributed by atoms with Crippen LogP contribution in [0.1, 0.15) is 58.4 Å². The number of carbonyl (C=O) groups excluding carboxylic acids is 1. The monoisotopic (exact) mass is 299 g/mol. The van der Waals surface area contributed by atoms with E-state index in [9.17, 15) is 4.79 Å². The molecule has 2 aromatic rings. The van der Waals surface area contributed by atoms with E-state index in [1.807, 2.05) is 18.2 Å². The predicted molar refractivity (Wildman–Crippen MR) is 88.6 cm³/mol. The van der Waals surface area contributed by atoms with Crippen LogP contribution >= 0.6 is 0 Å². The van der Waals surface area contributed by atoms with E-state index >= 15 is 0 Å². The summed E-state index contributed by atoms with van der Waals surface area (Å²) in [4.78, 5) is 17.1. The highest BCUT2D eigenvalue weighted by Crippen LogP contribution is 2.32. The van der Waals surface area contributed by atoms with Crippen molar-refractivity contribution < 1.29 is 4.79 Å². The van der Waals surface area contributed by atoms with Crippen LogP contribution in [0.2, 0.25) is 0 Å². The van der Waals surface area contributed by atoms with Crippen LogP contribution in [0.4, 0.5) is 0 Å². The number of benzene rings is 1. The third-order valence-corrected chi connectivity index (χ3v) is 4.33. The maximum Gasteiger partial charge on any atom is 0.223 e. The maximum absolute atomic E-state index is 12.2. The highest BCUT2D eigenvalue weighted by atomic mass is 16.2. The van der Waals surface area contributed by atoms with Gasteiger partial charge in [-0.3, -0.25) is 4.79 Å². The number of hydrogen-bond donors (Lipinski definition) is 1. The van der Waals surface area contributed by atoms with Crippen LogP contribution in [0.3, 0.4) is 0 Å². The molecule has 1 aliphatic rings. The lowest BCUT2D eigenvalue weighted by atomic mass is 10.0. The van der Waals surface area contributed by atoms with Crippen LogP contribution in [-0.4, -0.2) is 15.5 Å². The van der Waals surface area contributed by atoms with Crippen LogP contribution in [0.15, 0.2) is 24.3 Å². The number of imidazole rings is 1. The highest BCUT2D eigenvalue weighted by molar-refractivity contribution is 5.81. The van der Waals surface area contributed by atoms with Crippen LogP contribution < -0.4 is 5.32 Å². The first-order valence-electron chi connectivity index (χ1n) is 8.26. The van der Waals surface area contributed by atoms with Crippen LogP contribution in [0.5, 0.6) is 0 Å². The van der Waals surface area contributed by atoms with Gasteiger partial charge in [-0.05, 0) is 44.7 Å². The Labute approximate surface area is 131 Å². The topological polar surface area (TPSA) is 46.9 Å². The van der Waals surface area contributed by atoms with E-state index in [-0.39, 0.29) is 17.9 Å². The number of nitrogens with one attached hydrogen (secondary N) is 1. The summed E-state index contributed by atoms with van der Waals surface area (Å²) >= 11 is 0. The quantitative estimate of drug-likeness (QED) is 0.911. The van der Waals surface area contributed by atoms with E-state index in [2.05, 4.69) is 43.6 Å². The molecule has 0 radical (unpaired) electrons. The smallest absolute Gasteiger partial charge is 0.223 e. The molecule has 0 bridgehead atoms. The highest BCUT2D eigenvalue weighted by Gasteiger charge is 2.33. The van der Waals surface area contributed by atoms with Crippen LogP contribution in [0, 0.1) is 11.8 Å². The number of amides is 1. The van der Waals surface area contributed by atoms with Gasteiger partial charge >= 0.3 is 0 Å². The second kappa shape index (κ2) is 5.75. The Balaban J connectivity index is 2.04. The van der Waals surface area contributed by atoms with E-state index < -0.39 is 0 Å². The zero-order valence-corrected chi connectivity index (χ0v) is 13.8. The normalized spacial score (nSPS) is 16.5. The molecule has 1 aromatic heterocycles. The molecule has 1 heterocycles. The Bertz CT molecular complexity index is 683. The van der Waals surface area contributed by atoms with Gasteiger partial charge in [0.05, 0.1) is 17.1 Å². The van der Waals surface area contributed by atoms with Gasteiger partial charge in [0.15, 0.2) is 0 Å². The minimum Gasteiger partial charge on any atom is -0.346 e. The van der Waals surface area contributed by atoms with Gasteiger partial charge in [-0.25, -0.2) is 4.98 Å². The predicted octanol–water partition coefficient (Wildman–Crippen LogP) is 3.84. The number of hydrogen-bond acceptors (Lipinski definition) is 2. The number of nitrogens with zero attached hydrogens (tertiary/aromatic N) is 2. The fraction of sp³-hybridized carbons (Fsp3) is 0.556. The molecule has 4 heteroatoms.